The monoisotopic (exact) mass is 176 g/mol. The van der Waals surface area contributed by atoms with Crippen molar-refractivity contribution in [2.24, 2.45) is 0 Å². The van der Waals surface area contributed by atoms with Crippen LogP contribution >= 0.6 is 11.8 Å². The molecule has 0 saturated carbocycles. The molecule has 1 aromatic carbocycles. The van der Waals surface area contributed by atoms with Gasteiger partial charge in [0.25, 0.3) is 0 Å². The number of hydrogen-bond acceptors (Lipinski definition) is 1. The summed E-state index contributed by atoms with van der Waals surface area (Å²) >= 11 is 1.78. The fraction of sp³-hybridized carbons (Fsp3) is 0.273. The summed E-state index contributed by atoms with van der Waals surface area (Å²) in [5, 5.41) is 0. The molecule has 1 aromatic rings. The van der Waals surface area contributed by atoms with E-state index in [2.05, 4.69) is 36.4 Å². The first kappa shape index (κ1) is 9.22. The summed E-state index contributed by atoms with van der Waals surface area (Å²) in [5.41, 5.74) is 1.36. The van der Waals surface area contributed by atoms with E-state index in [0.29, 0.717) is 0 Å². The zero-order valence-electron chi connectivity index (χ0n) is 7.21. The van der Waals surface area contributed by atoms with Gasteiger partial charge in [-0.2, -0.15) is 0 Å². The molecule has 0 aromatic heterocycles. The first-order valence-corrected chi connectivity index (χ1v) is 5.16. The number of rotatable bonds is 3. The van der Waals surface area contributed by atoms with E-state index in [4.69, 9.17) is 6.42 Å². The van der Waals surface area contributed by atoms with E-state index in [0.717, 1.165) is 12.8 Å². The first-order chi connectivity index (χ1) is 5.88. The van der Waals surface area contributed by atoms with Gasteiger partial charge in [-0.1, -0.05) is 18.2 Å². The predicted molar refractivity (Wildman–Crippen MR) is 55.4 cm³/mol. The Morgan fingerprint density at radius 1 is 1.42 bits per heavy atom. The van der Waals surface area contributed by atoms with Crippen LogP contribution in [0, 0.1) is 12.3 Å². The molecule has 0 aliphatic rings. The third-order valence-electron chi connectivity index (χ3n) is 1.73. The molecule has 12 heavy (non-hydrogen) atoms. The Morgan fingerprint density at radius 2 is 2.17 bits per heavy atom. The second-order valence-corrected chi connectivity index (χ2v) is 3.36. The number of thioether (sulfide) groups is 1. The molecule has 0 aliphatic carbocycles. The minimum absolute atomic E-state index is 0.831. The molecule has 0 saturated heterocycles. The van der Waals surface area contributed by atoms with E-state index in [9.17, 15) is 0 Å². The van der Waals surface area contributed by atoms with Crippen LogP contribution < -0.4 is 0 Å². The van der Waals surface area contributed by atoms with Crippen LogP contribution in [0.1, 0.15) is 12.0 Å². The van der Waals surface area contributed by atoms with Gasteiger partial charge < -0.3 is 0 Å². The van der Waals surface area contributed by atoms with Gasteiger partial charge in [0, 0.05) is 11.3 Å². The van der Waals surface area contributed by atoms with E-state index in [-0.39, 0.29) is 0 Å². The molecule has 0 unspecified atom stereocenters. The van der Waals surface area contributed by atoms with Gasteiger partial charge in [-0.3, -0.25) is 0 Å². The number of terminal acetylenes is 1. The summed E-state index contributed by atoms with van der Waals surface area (Å²) in [7, 11) is 0. The second kappa shape index (κ2) is 4.90. The van der Waals surface area contributed by atoms with Crippen LogP contribution in [0.2, 0.25) is 0 Å². The van der Waals surface area contributed by atoms with Crippen molar-refractivity contribution in [1.29, 1.82) is 0 Å². The van der Waals surface area contributed by atoms with Crippen molar-refractivity contribution in [2.45, 2.75) is 17.7 Å². The molecule has 0 radical (unpaired) electrons. The van der Waals surface area contributed by atoms with Crippen LogP contribution in [0.3, 0.4) is 0 Å². The Morgan fingerprint density at radius 3 is 2.83 bits per heavy atom. The van der Waals surface area contributed by atoms with E-state index in [1.165, 1.54) is 10.5 Å². The lowest BCUT2D eigenvalue weighted by molar-refractivity contribution is 0.994. The van der Waals surface area contributed by atoms with Gasteiger partial charge in [0.1, 0.15) is 0 Å². The van der Waals surface area contributed by atoms with E-state index < -0.39 is 0 Å². The van der Waals surface area contributed by atoms with Crippen LogP contribution in [0.5, 0.6) is 0 Å². The maximum atomic E-state index is 5.21. The van der Waals surface area contributed by atoms with E-state index in [1.54, 1.807) is 11.8 Å². The summed E-state index contributed by atoms with van der Waals surface area (Å²) < 4.78 is 0. The van der Waals surface area contributed by atoms with Crippen LogP contribution in [0.4, 0.5) is 0 Å². The summed E-state index contributed by atoms with van der Waals surface area (Å²) in [6, 6.07) is 8.40. The van der Waals surface area contributed by atoms with Crippen molar-refractivity contribution in [3.8, 4) is 12.3 Å². The second-order valence-electron chi connectivity index (χ2n) is 2.52. The molecule has 0 fully saturated rings. The van der Waals surface area contributed by atoms with Crippen molar-refractivity contribution in [1.82, 2.24) is 0 Å². The summed E-state index contributed by atoms with van der Waals surface area (Å²) in [4.78, 5) is 1.34. The Hall–Kier alpha value is -0.870. The van der Waals surface area contributed by atoms with Crippen LogP contribution in [0.15, 0.2) is 29.2 Å². The highest BCUT2D eigenvalue weighted by Crippen LogP contribution is 2.20. The topological polar surface area (TPSA) is 0 Å². The molecule has 0 spiro atoms. The molecule has 1 heteroatoms. The molecule has 62 valence electrons. The van der Waals surface area contributed by atoms with Crippen molar-refractivity contribution >= 4 is 11.8 Å². The van der Waals surface area contributed by atoms with Gasteiger partial charge in [-0.15, -0.1) is 24.1 Å². The van der Waals surface area contributed by atoms with Crippen molar-refractivity contribution in [3.63, 3.8) is 0 Å². The van der Waals surface area contributed by atoms with Gasteiger partial charge in [0.05, 0.1) is 0 Å². The molecule has 0 nitrogen and oxygen atoms in total. The molecule has 0 amide bonds. The average molecular weight is 176 g/mol. The minimum Gasteiger partial charge on any atom is -0.129 e. The number of hydrogen-bond donors (Lipinski definition) is 0. The normalized spacial score (nSPS) is 9.33. The zero-order valence-corrected chi connectivity index (χ0v) is 8.03. The Labute approximate surface area is 78.4 Å². The first-order valence-electron chi connectivity index (χ1n) is 3.94. The summed E-state index contributed by atoms with van der Waals surface area (Å²) in [6.45, 7) is 0. The van der Waals surface area contributed by atoms with E-state index in [1.807, 2.05) is 0 Å². The van der Waals surface area contributed by atoms with Crippen LogP contribution in [0.25, 0.3) is 0 Å². The largest absolute Gasteiger partial charge is 0.129 e. The highest BCUT2D eigenvalue weighted by molar-refractivity contribution is 7.98. The lowest BCUT2D eigenvalue weighted by Crippen LogP contribution is -1.86. The smallest absolute Gasteiger partial charge is 0.0127 e. The molecule has 0 bridgehead atoms. The standard InChI is InChI=1S/C11H12S/c1-3-4-7-10-8-5-6-9-11(10)12-2/h1,5-6,8-9H,4,7H2,2H3. The number of aryl methyl sites for hydroxylation is 1. The highest BCUT2D eigenvalue weighted by atomic mass is 32.2. The quantitative estimate of drug-likeness (QED) is 0.504. The molecular formula is C11H12S. The zero-order chi connectivity index (χ0) is 8.81. The average Bonchev–Trinajstić information content (AvgIpc) is 2.15. The van der Waals surface area contributed by atoms with Gasteiger partial charge in [-0.05, 0) is 24.3 Å². The fourth-order valence-corrected chi connectivity index (χ4v) is 1.76. The maximum absolute atomic E-state index is 5.21. The third kappa shape index (κ3) is 2.32. The van der Waals surface area contributed by atoms with Gasteiger partial charge in [0.2, 0.25) is 0 Å². The van der Waals surface area contributed by atoms with Crippen LogP contribution in [-0.4, -0.2) is 6.26 Å². The Bertz CT molecular complexity index is 283. The highest BCUT2D eigenvalue weighted by Gasteiger charge is 1.97. The SMILES string of the molecule is C#CCCc1ccccc1SC. The molecule has 0 N–H and O–H groups in total. The molecule has 0 heterocycles. The molecule has 0 atom stereocenters. The molecule has 0 aliphatic heterocycles. The third-order valence-corrected chi connectivity index (χ3v) is 2.57. The molecule has 1 rings (SSSR count). The van der Waals surface area contributed by atoms with Gasteiger partial charge in [0.15, 0.2) is 0 Å². The Kier molecular flexibility index (Phi) is 3.76. The summed E-state index contributed by atoms with van der Waals surface area (Å²) in [5.74, 6) is 2.66. The van der Waals surface area contributed by atoms with Gasteiger partial charge >= 0.3 is 0 Å². The van der Waals surface area contributed by atoms with Crippen molar-refractivity contribution < 1.29 is 0 Å². The summed E-state index contributed by atoms with van der Waals surface area (Å²) in [6.07, 6.45) is 9.13. The van der Waals surface area contributed by atoms with Crippen LogP contribution in [-0.2, 0) is 6.42 Å². The number of benzene rings is 1. The van der Waals surface area contributed by atoms with Gasteiger partial charge in [-0.25, -0.2) is 0 Å². The maximum Gasteiger partial charge on any atom is 0.0127 e. The van der Waals surface area contributed by atoms with E-state index >= 15 is 0 Å². The lowest BCUT2D eigenvalue weighted by Gasteiger charge is -2.03. The minimum atomic E-state index is 0.831. The lowest BCUT2D eigenvalue weighted by atomic mass is 10.1. The van der Waals surface area contributed by atoms with Crippen molar-refractivity contribution in [3.05, 3.63) is 29.8 Å². The molecular weight excluding hydrogens is 164 g/mol. The fourth-order valence-electron chi connectivity index (χ4n) is 1.12. The Balaban J connectivity index is 2.76. The predicted octanol–water partition coefficient (Wildman–Crippen LogP) is 2.97. The van der Waals surface area contributed by atoms with Crippen molar-refractivity contribution in [2.75, 3.05) is 6.26 Å².